The van der Waals surface area contributed by atoms with Crippen LogP contribution in [0.4, 0.5) is 10.2 Å². The Hall–Kier alpha value is -2.13. The van der Waals surface area contributed by atoms with Crippen molar-refractivity contribution in [2.24, 2.45) is 5.73 Å². The molecule has 2 aromatic rings. The predicted molar refractivity (Wildman–Crippen MR) is 75.1 cm³/mol. The summed E-state index contributed by atoms with van der Waals surface area (Å²) >= 11 is 4.76. The minimum atomic E-state index is -3.97. The zero-order valence-corrected chi connectivity index (χ0v) is 11.6. The molecule has 9 heteroatoms. The van der Waals surface area contributed by atoms with E-state index in [0.29, 0.717) is 0 Å². The van der Waals surface area contributed by atoms with Crippen molar-refractivity contribution >= 4 is 33.0 Å². The van der Waals surface area contributed by atoms with Crippen LogP contribution >= 0.6 is 12.2 Å². The lowest BCUT2D eigenvalue weighted by Crippen LogP contribution is -2.21. The average molecular weight is 312 g/mol. The number of anilines is 1. The maximum absolute atomic E-state index is 12.7. The summed E-state index contributed by atoms with van der Waals surface area (Å²) in [5, 5.41) is 0. The lowest BCUT2D eigenvalue weighted by atomic mass is 10.3. The first-order valence-electron chi connectivity index (χ1n) is 5.29. The van der Waals surface area contributed by atoms with Crippen molar-refractivity contribution in [1.82, 2.24) is 9.97 Å². The first-order valence-corrected chi connectivity index (χ1v) is 7.18. The van der Waals surface area contributed by atoms with Crippen LogP contribution in [0.25, 0.3) is 0 Å². The van der Waals surface area contributed by atoms with E-state index in [9.17, 15) is 12.8 Å². The molecule has 0 aliphatic rings. The Balaban J connectivity index is 2.41. The molecule has 0 aliphatic carbocycles. The lowest BCUT2D eigenvalue weighted by Gasteiger charge is -2.09. The third-order valence-corrected chi connectivity index (χ3v) is 3.84. The van der Waals surface area contributed by atoms with Crippen molar-refractivity contribution in [2.75, 3.05) is 4.72 Å². The molecule has 0 unspecified atom stereocenters. The van der Waals surface area contributed by atoms with Gasteiger partial charge in [-0.05, 0) is 24.3 Å². The Morgan fingerprint density at radius 3 is 2.65 bits per heavy atom. The number of rotatable bonds is 4. The SMILES string of the molecule is NC(=S)c1ncccc1S(=O)(=O)Nc1ccc(F)cn1. The van der Waals surface area contributed by atoms with Crippen LogP contribution in [0.5, 0.6) is 0 Å². The highest BCUT2D eigenvalue weighted by atomic mass is 32.2. The van der Waals surface area contributed by atoms with Gasteiger partial charge in [0.15, 0.2) is 0 Å². The van der Waals surface area contributed by atoms with Gasteiger partial charge in [-0.15, -0.1) is 0 Å². The normalized spacial score (nSPS) is 11.1. The molecule has 0 bridgehead atoms. The van der Waals surface area contributed by atoms with E-state index in [1.165, 1.54) is 24.4 Å². The minimum absolute atomic E-state index is 0.0166. The van der Waals surface area contributed by atoms with Crippen LogP contribution in [-0.4, -0.2) is 23.4 Å². The Kier molecular flexibility index (Phi) is 3.91. The first-order chi connectivity index (χ1) is 9.40. The largest absolute Gasteiger partial charge is 0.388 e. The number of aromatic nitrogens is 2. The van der Waals surface area contributed by atoms with Gasteiger partial charge in [-0.25, -0.2) is 17.8 Å². The summed E-state index contributed by atoms with van der Waals surface area (Å²) in [6.45, 7) is 0. The highest BCUT2D eigenvalue weighted by Crippen LogP contribution is 2.17. The summed E-state index contributed by atoms with van der Waals surface area (Å²) < 4.78 is 39.3. The maximum atomic E-state index is 12.7. The second-order valence-electron chi connectivity index (χ2n) is 3.68. The summed E-state index contributed by atoms with van der Waals surface area (Å²) in [5.41, 5.74) is 5.42. The smallest absolute Gasteiger partial charge is 0.265 e. The van der Waals surface area contributed by atoms with E-state index in [0.717, 1.165) is 12.3 Å². The molecule has 0 fully saturated rings. The molecule has 0 aliphatic heterocycles. The predicted octanol–water partition coefficient (Wildman–Crippen LogP) is 1.05. The van der Waals surface area contributed by atoms with Crippen molar-refractivity contribution in [3.8, 4) is 0 Å². The van der Waals surface area contributed by atoms with Gasteiger partial charge in [0.25, 0.3) is 10.0 Å². The summed E-state index contributed by atoms with van der Waals surface area (Å²) in [5.74, 6) is -0.595. The van der Waals surface area contributed by atoms with Crippen LogP contribution in [0.1, 0.15) is 5.69 Å². The van der Waals surface area contributed by atoms with Gasteiger partial charge in [0.1, 0.15) is 27.2 Å². The van der Waals surface area contributed by atoms with Gasteiger partial charge in [0, 0.05) is 6.20 Å². The number of pyridine rings is 2. The van der Waals surface area contributed by atoms with Gasteiger partial charge in [-0.3, -0.25) is 9.71 Å². The number of hydrogen-bond acceptors (Lipinski definition) is 5. The van der Waals surface area contributed by atoms with Gasteiger partial charge in [0.2, 0.25) is 0 Å². The van der Waals surface area contributed by atoms with E-state index in [4.69, 9.17) is 18.0 Å². The zero-order chi connectivity index (χ0) is 14.8. The summed E-state index contributed by atoms with van der Waals surface area (Å²) in [7, 11) is -3.97. The van der Waals surface area contributed by atoms with Gasteiger partial charge >= 0.3 is 0 Å². The molecule has 2 rings (SSSR count). The fourth-order valence-corrected chi connectivity index (χ4v) is 2.83. The lowest BCUT2D eigenvalue weighted by molar-refractivity contribution is 0.600. The van der Waals surface area contributed by atoms with E-state index in [1.807, 2.05) is 0 Å². The van der Waals surface area contributed by atoms with Crippen molar-refractivity contribution < 1.29 is 12.8 Å². The highest BCUT2D eigenvalue weighted by molar-refractivity contribution is 7.93. The fraction of sp³-hybridized carbons (Fsp3) is 0. The second-order valence-corrected chi connectivity index (χ2v) is 5.77. The molecule has 0 amide bonds. The Morgan fingerprint density at radius 1 is 1.30 bits per heavy atom. The van der Waals surface area contributed by atoms with Crippen LogP contribution in [0.2, 0.25) is 0 Å². The third-order valence-electron chi connectivity index (χ3n) is 2.26. The van der Waals surface area contributed by atoms with Gasteiger partial charge < -0.3 is 5.73 Å². The van der Waals surface area contributed by atoms with Crippen LogP contribution < -0.4 is 10.5 Å². The molecule has 2 heterocycles. The molecule has 0 spiro atoms. The van der Waals surface area contributed by atoms with Crippen molar-refractivity contribution in [1.29, 1.82) is 0 Å². The van der Waals surface area contributed by atoms with Crippen LogP contribution in [-0.2, 0) is 10.0 Å². The van der Waals surface area contributed by atoms with E-state index in [-0.39, 0.29) is 21.4 Å². The Labute approximate surface area is 119 Å². The van der Waals surface area contributed by atoms with E-state index in [1.54, 1.807) is 0 Å². The van der Waals surface area contributed by atoms with E-state index in [2.05, 4.69) is 14.7 Å². The Morgan fingerprint density at radius 2 is 2.05 bits per heavy atom. The summed E-state index contributed by atoms with van der Waals surface area (Å²) in [6, 6.07) is 5.04. The number of nitrogens with one attached hydrogen (secondary N) is 1. The molecule has 104 valence electrons. The zero-order valence-electron chi connectivity index (χ0n) is 9.95. The minimum Gasteiger partial charge on any atom is -0.388 e. The first kappa shape index (κ1) is 14.3. The van der Waals surface area contributed by atoms with Crippen molar-refractivity contribution in [3.05, 3.63) is 48.2 Å². The summed E-state index contributed by atoms with van der Waals surface area (Å²) in [6.07, 6.45) is 2.28. The molecule has 20 heavy (non-hydrogen) atoms. The second kappa shape index (κ2) is 5.47. The average Bonchev–Trinajstić information content (AvgIpc) is 2.41. The molecular formula is C11H9FN4O2S2. The van der Waals surface area contributed by atoms with Gasteiger partial charge in [-0.2, -0.15) is 0 Å². The highest BCUT2D eigenvalue weighted by Gasteiger charge is 2.21. The number of halogens is 1. The van der Waals surface area contributed by atoms with E-state index >= 15 is 0 Å². The third kappa shape index (κ3) is 3.06. The van der Waals surface area contributed by atoms with Gasteiger partial charge in [-0.1, -0.05) is 12.2 Å². The molecule has 0 aromatic carbocycles. The molecule has 0 radical (unpaired) electrons. The fourth-order valence-electron chi connectivity index (χ4n) is 1.42. The molecule has 0 saturated carbocycles. The number of thiocarbonyl (C=S) groups is 1. The molecule has 2 aromatic heterocycles. The molecular weight excluding hydrogens is 303 g/mol. The topological polar surface area (TPSA) is 98.0 Å². The number of nitrogens with two attached hydrogens (primary N) is 1. The standard InChI is InChI=1S/C11H9FN4O2S2/c12-7-3-4-9(15-6-7)16-20(17,18)8-2-1-5-14-10(8)11(13)19/h1-6H,(H2,13,19)(H,15,16). The molecule has 0 saturated heterocycles. The molecule has 3 N–H and O–H groups in total. The quantitative estimate of drug-likeness (QED) is 0.819. The van der Waals surface area contributed by atoms with Crippen LogP contribution in [0.15, 0.2) is 41.6 Å². The molecule has 0 atom stereocenters. The van der Waals surface area contributed by atoms with Crippen LogP contribution in [0.3, 0.4) is 0 Å². The van der Waals surface area contributed by atoms with Crippen LogP contribution in [0, 0.1) is 5.82 Å². The van der Waals surface area contributed by atoms with Crippen molar-refractivity contribution in [3.63, 3.8) is 0 Å². The number of sulfonamides is 1. The Bertz CT molecular complexity index is 747. The number of hydrogen-bond donors (Lipinski definition) is 2. The summed E-state index contributed by atoms with van der Waals surface area (Å²) in [4.78, 5) is 7.14. The van der Waals surface area contributed by atoms with Gasteiger partial charge in [0.05, 0.1) is 6.20 Å². The maximum Gasteiger partial charge on any atom is 0.265 e. The monoisotopic (exact) mass is 312 g/mol. The number of nitrogens with zero attached hydrogens (tertiary/aromatic N) is 2. The molecule has 6 nitrogen and oxygen atoms in total. The van der Waals surface area contributed by atoms with E-state index < -0.39 is 15.8 Å². The van der Waals surface area contributed by atoms with Crippen molar-refractivity contribution in [2.45, 2.75) is 4.90 Å².